The predicted octanol–water partition coefficient (Wildman–Crippen LogP) is 6.83. The number of hydrogen-bond acceptors (Lipinski definition) is 8. The Morgan fingerprint density at radius 3 is 2.24 bits per heavy atom. The third-order valence-corrected chi connectivity index (χ3v) is 13.4. The van der Waals surface area contributed by atoms with Crippen molar-refractivity contribution in [2.45, 2.75) is 70.1 Å². The van der Waals surface area contributed by atoms with Crippen LogP contribution in [-0.4, -0.2) is 65.4 Å². The van der Waals surface area contributed by atoms with Crippen molar-refractivity contribution < 1.29 is 37.5 Å². The molecular formula is C39H45NO8S. The second kappa shape index (κ2) is 12.2. The molecule has 49 heavy (non-hydrogen) atoms. The van der Waals surface area contributed by atoms with E-state index in [9.17, 15) is 28.0 Å². The Morgan fingerprint density at radius 1 is 0.959 bits per heavy atom. The zero-order chi connectivity index (χ0) is 34.8. The zero-order valence-electron chi connectivity index (χ0n) is 28.3. The number of ketones is 1. The maximum Gasteiger partial charge on any atom is 0.273 e. The van der Waals surface area contributed by atoms with Gasteiger partial charge in [-0.3, -0.25) is 14.2 Å². The molecule has 2 aliphatic carbocycles. The summed E-state index contributed by atoms with van der Waals surface area (Å²) in [5.41, 5.74) is -1.56. The highest BCUT2D eigenvalue weighted by Crippen LogP contribution is 2.70. The van der Waals surface area contributed by atoms with Gasteiger partial charge in [0, 0.05) is 35.7 Å². The molecule has 1 saturated heterocycles. The van der Waals surface area contributed by atoms with Gasteiger partial charge < -0.3 is 19.7 Å². The van der Waals surface area contributed by atoms with Gasteiger partial charge in [0.15, 0.2) is 5.60 Å². The van der Waals surface area contributed by atoms with Gasteiger partial charge in [-0.15, -0.1) is 0 Å². The van der Waals surface area contributed by atoms with Gasteiger partial charge in [0.25, 0.3) is 10.1 Å². The number of nitrogens with zero attached hydrogens (tertiary/aromatic N) is 1. The van der Waals surface area contributed by atoms with Crippen molar-refractivity contribution in [2.24, 2.45) is 16.7 Å². The third-order valence-electron chi connectivity index (χ3n) is 12.1. The lowest BCUT2D eigenvalue weighted by Gasteiger charge is -2.53. The first kappa shape index (κ1) is 33.6. The van der Waals surface area contributed by atoms with E-state index in [4.69, 9.17) is 9.47 Å². The van der Waals surface area contributed by atoms with E-state index in [0.717, 1.165) is 19.6 Å². The molecule has 0 spiro atoms. The summed E-state index contributed by atoms with van der Waals surface area (Å²) in [5.74, 6) is 0.504. The number of piperidine rings is 1. The molecule has 3 aromatic rings. The van der Waals surface area contributed by atoms with Gasteiger partial charge >= 0.3 is 0 Å². The van der Waals surface area contributed by atoms with Crippen molar-refractivity contribution in [1.82, 2.24) is 4.90 Å². The highest BCUT2D eigenvalue weighted by atomic mass is 32.2. The largest absolute Gasteiger partial charge is 0.508 e. The molecule has 10 heteroatoms. The van der Waals surface area contributed by atoms with Gasteiger partial charge in [0.05, 0.1) is 5.41 Å². The molecule has 2 bridgehead atoms. The summed E-state index contributed by atoms with van der Waals surface area (Å²) in [6.45, 7) is 9.12. The third kappa shape index (κ3) is 5.34. The molecule has 2 saturated carbocycles. The summed E-state index contributed by atoms with van der Waals surface area (Å²) in [7, 11) is -5.05. The number of likely N-dealkylation sites (tertiary alicyclic amines) is 1. The molecular weight excluding hydrogens is 642 g/mol. The van der Waals surface area contributed by atoms with E-state index in [1.54, 1.807) is 42.5 Å². The molecule has 3 fully saturated rings. The molecule has 4 aliphatic rings. The van der Waals surface area contributed by atoms with Gasteiger partial charge in [-0.1, -0.05) is 44.5 Å². The van der Waals surface area contributed by atoms with Crippen molar-refractivity contribution in [2.75, 3.05) is 26.2 Å². The Balaban J connectivity index is 1.46. The average Bonchev–Trinajstić information content (AvgIpc) is 3.41. The minimum atomic E-state index is -5.05. The van der Waals surface area contributed by atoms with Crippen molar-refractivity contribution in [3.63, 3.8) is 0 Å². The molecule has 3 unspecified atom stereocenters. The number of aromatic hydroxyl groups is 2. The van der Waals surface area contributed by atoms with E-state index in [1.165, 1.54) is 43.5 Å². The molecule has 260 valence electrons. The summed E-state index contributed by atoms with van der Waals surface area (Å²) >= 11 is 0. The second-order valence-corrected chi connectivity index (χ2v) is 16.3. The molecule has 3 N–H and O–H groups in total. The van der Waals surface area contributed by atoms with E-state index >= 15 is 0 Å². The summed E-state index contributed by atoms with van der Waals surface area (Å²) in [5, 5.41) is 19.1. The van der Waals surface area contributed by atoms with Gasteiger partial charge in [0.2, 0.25) is 0 Å². The molecule has 3 aromatic carbocycles. The van der Waals surface area contributed by atoms with Crippen molar-refractivity contribution in [1.29, 1.82) is 0 Å². The highest BCUT2D eigenvalue weighted by Gasteiger charge is 2.75. The molecule has 7 rings (SSSR count). The normalized spacial score (nSPS) is 27.1. The standard InChI is InChI=1S/C39H45NO8S/c1-25-32-16-13-30(42)24-33(32)48-39(35(25)26-7-11-29(41)12-8-26,27-9-14-31(15-10-27)47-22-21-40-19-5-4-6-20-40)36(49(44,45)46)38-18-17-28(23-34(38)43)37(38,2)3/h7-16,24,28,36,41-42H,4-6,17-23H2,1-3H3,(H,44,45,46)/t28?,36?,38-,39?/m1/s1. The first-order chi connectivity index (χ1) is 23.3. The van der Waals surface area contributed by atoms with Gasteiger partial charge in [-0.25, -0.2) is 0 Å². The van der Waals surface area contributed by atoms with Gasteiger partial charge in [-0.05, 0) is 105 Å². The van der Waals surface area contributed by atoms with Crippen molar-refractivity contribution in [3.8, 4) is 23.0 Å². The number of ether oxygens (including phenoxy) is 2. The van der Waals surface area contributed by atoms with Crippen LogP contribution in [0.5, 0.6) is 23.0 Å². The number of rotatable bonds is 9. The van der Waals surface area contributed by atoms with Crippen LogP contribution in [0.1, 0.15) is 76.0 Å². The van der Waals surface area contributed by atoms with Gasteiger partial charge in [-0.2, -0.15) is 8.42 Å². The van der Waals surface area contributed by atoms with Crippen LogP contribution in [0.3, 0.4) is 0 Å². The molecule has 0 radical (unpaired) electrons. The van der Waals surface area contributed by atoms with Crippen LogP contribution in [-0.2, 0) is 20.5 Å². The molecule has 2 heterocycles. The summed E-state index contributed by atoms with van der Waals surface area (Å²) in [6, 6.07) is 18.2. The number of hydrogen-bond donors (Lipinski definition) is 3. The second-order valence-electron chi connectivity index (χ2n) is 14.8. The van der Waals surface area contributed by atoms with Crippen molar-refractivity contribution >= 4 is 27.0 Å². The Bertz CT molecular complexity index is 1900. The smallest absolute Gasteiger partial charge is 0.273 e. The summed E-state index contributed by atoms with van der Waals surface area (Å²) in [6.07, 6.45) is 4.75. The maximum atomic E-state index is 14.3. The van der Waals surface area contributed by atoms with Crippen LogP contribution in [0.4, 0.5) is 0 Å². The first-order valence-corrected chi connectivity index (χ1v) is 18.8. The number of phenolic OH excluding ortho intramolecular Hbond substituents is 2. The number of fused-ring (bicyclic) bond motifs is 3. The maximum absolute atomic E-state index is 14.3. The molecule has 9 nitrogen and oxygen atoms in total. The number of carbonyl (C=O) groups is 1. The monoisotopic (exact) mass is 687 g/mol. The first-order valence-electron chi connectivity index (χ1n) is 17.3. The van der Waals surface area contributed by atoms with Crippen LogP contribution < -0.4 is 9.47 Å². The van der Waals surface area contributed by atoms with E-state index in [1.807, 2.05) is 20.8 Å². The number of allylic oxidation sites excluding steroid dienone is 1. The van der Waals surface area contributed by atoms with Crippen LogP contribution in [0.2, 0.25) is 0 Å². The quantitative estimate of drug-likeness (QED) is 0.207. The zero-order valence-corrected chi connectivity index (χ0v) is 29.1. The van der Waals surface area contributed by atoms with Crippen LogP contribution in [0.25, 0.3) is 11.1 Å². The number of Topliss-reactive ketones (excluding diaryl/α,β-unsaturated/α-hetero) is 1. The number of phenols is 2. The van der Waals surface area contributed by atoms with Gasteiger partial charge in [0.1, 0.15) is 40.6 Å². The van der Waals surface area contributed by atoms with E-state index in [0.29, 0.717) is 46.6 Å². The molecule has 4 atom stereocenters. The minimum absolute atomic E-state index is 0.0244. The van der Waals surface area contributed by atoms with E-state index < -0.39 is 31.8 Å². The van der Waals surface area contributed by atoms with E-state index in [2.05, 4.69) is 4.90 Å². The van der Waals surface area contributed by atoms with Crippen LogP contribution in [0.15, 0.2) is 66.7 Å². The highest BCUT2D eigenvalue weighted by molar-refractivity contribution is 7.86. The van der Waals surface area contributed by atoms with Crippen molar-refractivity contribution in [3.05, 3.63) is 83.4 Å². The number of benzene rings is 3. The lowest BCUT2D eigenvalue weighted by atomic mass is 9.59. The lowest BCUT2D eigenvalue weighted by molar-refractivity contribution is -0.132. The minimum Gasteiger partial charge on any atom is -0.508 e. The Kier molecular flexibility index (Phi) is 8.36. The SMILES string of the molecule is CC1=C(c2ccc(O)cc2)C(c2ccc(OCCN3CCCCC3)cc2)(C([C@@]23CCC(CC2=O)C3(C)C)S(=O)(=O)O)Oc2cc(O)ccc21. The van der Waals surface area contributed by atoms with E-state index in [-0.39, 0.29) is 41.8 Å². The summed E-state index contributed by atoms with van der Waals surface area (Å²) < 4.78 is 53.3. The van der Waals surface area contributed by atoms with Crippen LogP contribution >= 0.6 is 0 Å². The Morgan fingerprint density at radius 2 is 1.63 bits per heavy atom. The number of carbonyl (C=O) groups excluding carboxylic acids is 1. The fourth-order valence-corrected chi connectivity index (χ4v) is 11.3. The summed E-state index contributed by atoms with van der Waals surface area (Å²) in [4.78, 5) is 16.7. The topological polar surface area (TPSA) is 134 Å². The molecule has 0 amide bonds. The fraction of sp³-hybridized carbons (Fsp3) is 0.462. The predicted molar refractivity (Wildman–Crippen MR) is 187 cm³/mol. The molecule has 2 aliphatic heterocycles. The molecule has 0 aromatic heterocycles. The van der Waals surface area contributed by atoms with Crippen LogP contribution in [0, 0.1) is 16.7 Å². The fourth-order valence-electron chi connectivity index (χ4n) is 9.55. The Labute approximate surface area is 288 Å². The lowest BCUT2D eigenvalue weighted by Crippen LogP contribution is -2.63. The average molecular weight is 688 g/mol. The Hall–Kier alpha value is -3.86.